The molecule has 0 unspecified atom stereocenters. The van der Waals surface area contributed by atoms with Crippen molar-refractivity contribution in [3.63, 3.8) is 0 Å². The number of nitrogens with zero attached hydrogens (tertiary/aromatic N) is 3. The lowest BCUT2D eigenvalue weighted by atomic mass is 10.0. The van der Waals surface area contributed by atoms with E-state index in [-0.39, 0.29) is 28.2 Å². The second kappa shape index (κ2) is 6.30. The highest BCUT2D eigenvalue weighted by Crippen LogP contribution is 2.40. The quantitative estimate of drug-likeness (QED) is 0.890. The molecule has 2 heterocycles. The van der Waals surface area contributed by atoms with Gasteiger partial charge in [0, 0.05) is 44.0 Å². The first-order valence-electron chi connectivity index (χ1n) is 9.04. The summed E-state index contributed by atoms with van der Waals surface area (Å²) < 4.78 is 32.2. The van der Waals surface area contributed by atoms with Crippen LogP contribution < -0.4 is 10.3 Å². The van der Waals surface area contributed by atoms with Crippen LogP contribution in [0.4, 0.5) is 14.5 Å². The number of halogens is 2. The normalized spacial score (nSPS) is 18.3. The second-order valence-electron chi connectivity index (χ2n) is 7.43. The van der Waals surface area contributed by atoms with Gasteiger partial charge in [-0.1, -0.05) is 0 Å². The Hall–Kier alpha value is -2.48. The Labute approximate surface area is 154 Å². The van der Waals surface area contributed by atoms with E-state index in [0.717, 1.165) is 12.8 Å². The summed E-state index contributed by atoms with van der Waals surface area (Å²) in [7, 11) is 1.95. The van der Waals surface area contributed by atoms with E-state index in [1.807, 2.05) is 7.05 Å². The maximum absolute atomic E-state index is 15.6. The van der Waals surface area contributed by atoms with Gasteiger partial charge >= 0.3 is 5.97 Å². The first kappa shape index (κ1) is 17.9. The summed E-state index contributed by atoms with van der Waals surface area (Å²) in [5.74, 6) is -2.95. The molecule has 1 saturated heterocycles. The number of aromatic nitrogens is 1. The lowest BCUT2D eigenvalue weighted by molar-refractivity contribution is 0.0695. The lowest BCUT2D eigenvalue weighted by Crippen LogP contribution is -2.45. The van der Waals surface area contributed by atoms with Crippen molar-refractivity contribution in [3.8, 4) is 0 Å². The number of rotatable bonds is 3. The zero-order chi connectivity index (χ0) is 19.5. The fourth-order valence-electron chi connectivity index (χ4n) is 3.80. The number of benzene rings is 1. The topological polar surface area (TPSA) is 65.8 Å². The number of likely N-dealkylation sites (N-methyl/N-ethyl adjacent to an activating group) is 1. The summed E-state index contributed by atoms with van der Waals surface area (Å²) in [5, 5.41) is 9.18. The maximum Gasteiger partial charge on any atom is 0.341 e. The predicted molar refractivity (Wildman–Crippen MR) is 97.8 cm³/mol. The van der Waals surface area contributed by atoms with E-state index in [4.69, 9.17) is 0 Å². The van der Waals surface area contributed by atoms with Crippen molar-refractivity contribution in [2.45, 2.75) is 25.8 Å². The Morgan fingerprint density at radius 1 is 1.15 bits per heavy atom. The number of hydrogen-bond donors (Lipinski definition) is 1. The van der Waals surface area contributed by atoms with Gasteiger partial charge in [0.15, 0.2) is 11.6 Å². The van der Waals surface area contributed by atoms with E-state index in [2.05, 4.69) is 4.90 Å². The number of aromatic carboxylic acids is 1. The van der Waals surface area contributed by atoms with Crippen molar-refractivity contribution >= 4 is 22.6 Å². The van der Waals surface area contributed by atoms with Gasteiger partial charge in [0.25, 0.3) is 0 Å². The molecule has 1 aliphatic carbocycles. The van der Waals surface area contributed by atoms with Gasteiger partial charge in [-0.2, -0.15) is 0 Å². The number of carboxylic acids is 1. The molecule has 1 aromatic heterocycles. The number of anilines is 1. The van der Waals surface area contributed by atoms with Gasteiger partial charge < -0.3 is 19.5 Å². The molecule has 4 rings (SSSR count). The molecule has 6 nitrogen and oxygen atoms in total. The minimum atomic E-state index is -1.39. The highest BCUT2D eigenvalue weighted by atomic mass is 19.1. The largest absolute Gasteiger partial charge is 0.477 e. The van der Waals surface area contributed by atoms with Gasteiger partial charge in [-0.15, -0.1) is 0 Å². The van der Waals surface area contributed by atoms with Crippen molar-refractivity contribution in [3.05, 3.63) is 39.2 Å². The number of carboxylic acid groups (broad SMARTS) is 1. The predicted octanol–water partition coefficient (Wildman–Crippen LogP) is 2.37. The Bertz CT molecular complexity index is 1010. The van der Waals surface area contributed by atoms with E-state index in [9.17, 15) is 14.7 Å². The molecule has 0 amide bonds. The number of aryl methyl sites for hydroxylation is 1. The van der Waals surface area contributed by atoms with E-state index in [0.29, 0.717) is 26.2 Å². The zero-order valence-electron chi connectivity index (χ0n) is 15.3. The molecule has 0 radical (unpaired) electrons. The van der Waals surface area contributed by atoms with Crippen LogP contribution in [0.15, 0.2) is 11.0 Å². The molecule has 1 saturated carbocycles. The van der Waals surface area contributed by atoms with Crippen LogP contribution in [0.1, 0.15) is 34.8 Å². The molecule has 0 bridgehead atoms. The number of piperazine rings is 1. The first-order chi connectivity index (χ1) is 12.8. The molecular formula is C19H21F2N3O3. The van der Waals surface area contributed by atoms with Gasteiger partial charge in [-0.25, -0.2) is 13.6 Å². The summed E-state index contributed by atoms with van der Waals surface area (Å²) in [6.07, 6.45) is 2.76. The molecule has 2 aromatic rings. The summed E-state index contributed by atoms with van der Waals surface area (Å²) in [5.41, 5.74) is -1.40. The van der Waals surface area contributed by atoms with Crippen LogP contribution in [-0.2, 0) is 0 Å². The molecule has 2 aliphatic rings. The average Bonchev–Trinajstić information content (AvgIpc) is 3.46. The summed E-state index contributed by atoms with van der Waals surface area (Å²) in [4.78, 5) is 27.9. The van der Waals surface area contributed by atoms with E-state index >= 15 is 8.78 Å². The lowest BCUT2D eigenvalue weighted by Gasteiger charge is -2.35. The highest BCUT2D eigenvalue weighted by Gasteiger charge is 2.32. The Morgan fingerprint density at radius 3 is 2.33 bits per heavy atom. The monoisotopic (exact) mass is 377 g/mol. The number of pyridine rings is 1. The Kier molecular flexibility index (Phi) is 4.18. The van der Waals surface area contributed by atoms with Crippen molar-refractivity contribution in [2.75, 3.05) is 38.1 Å². The first-order valence-corrected chi connectivity index (χ1v) is 9.04. The van der Waals surface area contributed by atoms with Gasteiger partial charge in [-0.05, 0) is 26.8 Å². The molecule has 27 heavy (non-hydrogen) atoms. The van der Waals surface area contributed by atoms with E-state index < -0.39 is 28.6 Å². The highest BCUT2D eigenvalue weighted by molar-refractivity contribution is 5.95. The van der Waals surface area contributed by atoms with Gasteiger partial charge in [0.2, 0.25) is 5.43 Å². The molecule has 1 aliphatic heterocycles. The molecule has 144 valence electrons. The van der Waals surface area contributed by atoms with Gasteiger partial charge in [-0.3, -0.25) is 4.79 Å². The number of fused-ring (bicyclic) bond motifs is 1. The van der Waals surface area contributed by atoms with E-state index in [1.165, 1.54) is 17.7 Å². The fourth-order valence-corrected chi connectivity index (χ4v) is 3.80. The molecule has 1 N–H and O–H groups in total. The molecular weight excluding hydrogens is 356 g/mol. The van der Waals surface area contributed by atoms with Crippen LogP contribution in [0.2, 0.25) is 0 Å². The average molecular weight is 377 g/mol. The van der Waals surface area contributed by atoms with Gasteiger partial charge in [0.1, 0.15) is 11.3 Å². The fraction of sp³-hybridized carbons (Fsp3) is 0.474. The Morgan fingerprint density at radius 2 is 1.78 bits per heavy atom. The van der Waals surface area contributed by atoms with Crippen LogP contribution in [0.25, 0.3) is 10.9 Å². The molecule has 8 heteroatoms. The smallest absolute Gasteiger partial charge is 0.341 e. The molecule has 1 aromatic carbocycles. The molecule has 0 spiro atoms. The summed E-state index contributed by atoms with van der Waals surface area (Å²) in [6, 6.07) is -0.0640. The SMILES string of the molecule is Cc1c(F)c(N2CCN(C)CC2)c(F)c2c1c(=O)c(C(=O)O)cn2C1CC1. The van der Waals surface area contributed by atoms with E-state index in [1.54, 1.807) is 4.90 Å². The standard InChI is InChI=1S/C19H21F2N3O3/c1-10-13-16(24(11-3-4-11)9-12(18(13)25)19(26)27)15(21)17(14(10)20)23-7-5-22(2)6-8-23/h9,11H,3-8H2,1-2H3,(H,26,27). The van der Waals surface area contributed by atoms with Crippen LogP contribution in [0.5, 0.6) is 0 Å². The maximum atomic E-state index is 15.6. The minimum absolute atomic E-state index is 0.00262. The zero-order valence-corrected chi connectivity index (χ0v) is 15.3. The number of carbonyl (C=O) groups is 1. The third-order valence-electron chi connectivity index (χ3n) is 5.55. The van der Waals surface area contributed by atoms with Crippen molar-refractivity contribution in [1.82, 2.24) is 9.47 Å². The van der Waals surface area contributed by atoms with Crippen molar-refractivity contribution in [1.29, 1.82) is 0 Å². The third kappa shape index (κ3) is 2.79. The number of hydrogen-bond acceptors (Lipinski definition) is 4. The Balaban J connectivity index is 2.03. The van der Waals surface area contributed by atoms with Crippen LogP contribution in [0.3, 0.4) is 0 Å². The van der Waals surface area contributed by atoms with Crippen LogP contribution >= 0.6 is 0 Å². The van der Waals surface area contributed by atoms with Crippen molar-refractivity contribution < 1.29 is 18.7 Å². The second-order valence-corrected chi connectivity index (χ2v) is 7.43. The van der Waals surface area contributed by atoms with Crippen LogP contribution in [-0.4, -0.2) is 53.8 Å². The summed E-state index contributed by atoms with van der Waals surface area (Å²) >= 11 is 0. The van der Waals surface area contributed by atoms with Crippen LogP contribution in [0, 0.1) is 18.6 Å². The summed E-state index contributed by atoms with van der Waals surface area (Å²) in [6.45, 7) is 3.75. The van der Waals surface area contributed by atoms with Gasteiger partial charge in [0.05, 0.1) is 10.9 Å². The molecule has 0 atom stereocenters. The molecule has 2 fully saturated rings. The van der Waals surface area contributed by atoms with Crippen molar-refractivity contribution in [2.24, 2.45) is 0 Å². The third-order valence-corrected chi connectivity index (χ3v) is 5.55. The minimum Gasteiger partial charge on any atom is -0.477 e.